The zero-order valence-corrected chi connectivity index (χ0v) is 17.4. The van der Waals surface area contributed by atoms with Gasteiger partial charge in [0.05, 0.1) is 11.5 Å². The molecule has 4 rings (SSSR count). The predicted octanol–water partition coefficient (Wildman–Crippen LogP) is 0.940. The molecule has 0 aromatic heterocycles. The lowest BCUT2D eigenvalue weighted by Crippen LogP contribution is -2.49. The molecule has 1 aliphatic carbocycles. The van der Waals surface area contributed by atoms with Gasteiger partial charge in [0.15, 0.2) is 9.84 Å². The molecule has 0 spiro atoms. The number of urea groups is 1. The van der Waals surface area contributed by atoms with E-state index in [-0.39, 0.29) is 36.0 Å². The van der Waals surface area contributed by atoms with Crippen molar-refractivity contribution >= 4 is 27.7 Å². The van der Waals surface area contributed by atoms with Crippen LogP contribution >= 0.6 is 0 Å². The second-order valence-corrected chi connectivity index (χ2v) is 10.6. The summed E-state index contributed by atoms with van der Waals surface area (Å²) in [6.45, 7) is 3.19. The van der Waals surface area contributed by atoms with Gasteiger partial charge < -0.3 is 10.2 Å². The minimum atomic E-state index is -3.14. The summed E-state index contributed by atoms with van der Waals surface area (Å²) in [6.07, 6.45) is 2.05. The largest absolute Gasteiger partial charge is 0.334 e. The van der Waals surface area contributed by atoms with Gasteiger partial charge in [-0.3, -0.25) is 14.5 Å². The molecule has 1 aromatic carbocycles. The summed E-state index contributed by atoms with van der Waals surface area (Å²) >= 11 is 0. The summed E-state index contributed by atoms with van der Waals surface area (Å²) in [5.74, 6) is -0.819. The van der Waals surface area contributed by atoms with Crippen LogP contribution in [0.4, 0.5) is 4.79 Å². The highest BCUT2D eigenvalue weighted by Gasteiger charge is 2.51. The normalized spacial score (nSPS) is 28.5. The Morgan fingerprint density at radius 1 is 1.17 bits per heavy atom. The number of rotatable bonds is 5. The predicted molar refractivity (Wildman–Crippen MR) is 106 cm³/mol. The maximum Gasteiger partial charge on any atom is 0.325 e. The Balaban J connectivity index is 1.52. The van der Waals surface area contributed by atoms with Crippen LogP contribution in [0, 0.1) is 6.92 Å². The Bertz CT molecular complexity index is 970. The summed E-state index contributed by atoms with van der Waals surface area (Å²) < 4.78 is 23.7. The molecular weight excluding hydrogens is 394 g/mol. The van der Waals surface area contributed by atoms with Gasteiger partial charge in [-0.15, -0.1) is 0 Å². The van der Waals surface area contributed by atoms with Crippen molar-refractivity contribution in [2.24, 2.45) is 0 Å². The maximum absolute atomic E-state index is 13.1. The van der Waals surface area contributed by atoms with E-state index >= 15 is 0 Å². The molecule has 2 heterocycles. The molecule has 0 radical (unpaired) electrons. The Morgan fingerprint density at radius 3 is 2.38 bits per heavy atom. The summed E-state index contributed by atoms with van der Waals surface area (Å²) in [6, 6.07) is 6.33. The highest BCUT2D eigenvalue weighted by Crippen LogP contribution is 2.33. The van der Waals surface area contributed by atoms with Gasteiger partial charge >= 0.3 is 6.03 Å². The molecule has 0 unspecified atom stereocenters. The number of hydrogen-bond donors (Lipinski definition) is 1. The van der Waals surface area contributed by atoms with Crippen LogP contribution in [0.1, 0.15) is 37.3 Å². The fraction of sp³-hybridized carbons (Fsp3) is 0.550. The van der Waals surface area contributed by atoms with Crippen LogP contribution < -0.4 is 5.32 Å². The number of aryl methyl sites for hydroxylation is 1. The molecular formula is C20H25N3O5S. The number of carbonyl (C=O) groups is 3. The molecule has 2 atom stereocenters. The van der Waals surface area contributed by atoms with Crippen LogP contribution in [0.5, 0.6) is 0 Å². The van der Waals surface area contributed by atoms with Crippen molar-refractivity contribution in [3.8, 4) is 0 Å². The number of imide groups is 1. The zero-order valence-electron chi connectivity index (χ0n) is 16.6. The van der Waals surface area contributed by atoms with Gasteiger partial charge in [0, 0.05) is 12.1 Å². The Hall–Kier alpha value is -2.42. The number of carbonyl (C=O) groups excluding carboxylic acids is 3. The van der Waals surface area contributed by atoms with Crippen LogP contribution in [0.2, 0.25) is 0 Å². The average molecular weight is 420 g/mol. The minimum Gasteiger partial charge on any atom is -0.334 e. The van der Waals surface area contributed by atoms with Crippen molar-refractivity contribution < 1.29 is 22.8 Å². The van der Waals surface area contributed by atoms with Crippen LogP contribution in [0.3, 0.4) is 0 Å². The first-order valence-corrected chi connectivity index (χ1v) is 11.7. The third-order valence-electron chi connectivity index (χ3n) is 6.03. The molecule has 2 saturated heterocycles. The molecule has 4 amide bonds. The molecule has 3 fully saturated rings. The quantitative estimate of drug-likeness (QED) is 0.716. The molecule has 8 nitrogen and oxygen atoms in total. The Labute approximate surface area is 170 Å². The van der Waals surface area contributed by atoms with E-state index in [1.807, 2.05) is 19.1 Å². The summed E-state index contributed by atoms with van der Waals surface area (Å²) in [5, 5.41) is 2.71. The average Bonchev–Trinajstić information content (AvgIpc) is 3.37. The van der Waals surface area contributed by atoms with Gasteiger partial charge in [-0.1, -0.05) is 29.8 Å². The molecule has 0 bridgehead atoms. The fourth-order valence-corrected chi connectivity index (χ4v) is 5.90. The van der Waals surface area contributed by atoms with E-state index in [0.717, 1.165) is 23.3 Å². The molecule has 9 heteroatoms. The lowest BCUT2D eigenvalue weighted by atomic mass is 9.91. The third-order valence-corrected chi connectivity index (χ3v) is 7.78. The number of sulfone groups is 1. The second-order valence-electron chi connectivity index (χ2n) is 8.40. The highest BCUT2D eigenvalue weighted by molar-refractivity contribution is 7.91. The van der Waals surface area contributed by atoms with Crippen LogP contribution in [0.25, 0.3) is 0 Å². The highest BCUT2D eigenvalue weighted by atomic mass is 32.2. The second kappa shape index (κ2) is 6.83. The molecule has 3 aliphatic rings. The molecule has 156 valence electrons. The topological polar surface area (TPSA) is 104 Å². The van der Waals surface area contributed by atoms with Gasteiger partial charge in [0.2, 0.25) is 5.91 Å². The van der Waals surface area contributed by atoms with Crippen molar-refractivity contribution in [2.45, 2.75) is 50.7 Å². The van der Waals surface area contributed by atoms with Crippen LogP contribution in [0.15, 0.2) is 24.3 Å². The van der Waals surface area contributed by atoms with Crippen molar-refractivity contribution in [3.63, 3.8) is 0 Å². The number of nitrogens with zero attached hydrogens (tertiary/aromatic N) is 2. The van der Waals surface area contributed by atoms with E-state index in [1.165, 1.54) is 0 Å². The lowest BCUT2D eigenvalue weighted by molar-refractivity contribution is -0.140. The zero-order chi connectivity index (χ0) is 21.0. The number of amides is 4. The van der Waals surface area contributed by atoms with Crippen molar-refractivity contribution in [2.75, 3.05) is 18.1 Å². The Kier molecular flexibility index (Phi) is 4.68. The number of benzene rings is 1. The standard InChI is InChI=1S/C20H25N3O5S/c1-13-3-5-14(6-4-13)20(2)18(25)22(19(26)21-20)11-17(24)23(15-7-8-15)16-9-10-29(27,28)12-16/h3-6,15-16H,7-12H2,1-2H3,(H,21,26)/t16-,20-/m1/s1. The first kappa shape index (κ1) is 19.9. The lowest BCUT2D eigenvalue weighted by Gasteiger charge is -2.30. The summed E-state index contributed by atoms with van der Waals surface area (Å²) in [7, 11) is -3.14. The monoisotopic (exact) mass is 419 g/mol. The first-order valence-electron chi connectivity index (χ1n) is 9.83. The van der Waals surface area contributed by atoms with Crippen molar-refractivity contribution in [3.05, 3.63) is 35.4 Å². The fourth-order valence-electron chi connectivity index (χ4n) is 4.19. The van der Waals surface area contributed by atoms with Gasteiger partial charge in [-0.25, -0.2) is 13.2 Å². The molecule has 1 saturated carbocycles. The number of nitrogens with one attached hydrogen (secondary N) is 1. The molecule has 1 N–H and O–H groups in total. The van der Waals surface area contributed by atoms with E-state index in [0.29, 0.717) is 12.0 Å². The summed E-state index contributed by atoms with van der Waals surface area (Å²) in [5.41, 5.74) is 0.455. The van der Waals surface area contributed by atoms with E-state index in [2.05, 4.69) is 5.32 Å². The van der Waals surface area contributed by atoms with Crippen molar-refractivity contribution in [1.82, 2.24) is 15.1 Å². The maximum atomic E-state index is 13.1. The van der Waals surface area contributed by atoms with E-state index < -0.39 is 27.3 Å². The molecule has 2 aliphatic heterocycles. The van der Waals surface area contributed by atoms with Crippen LogP contribution in [-0.2, 0) is 25.0 Å². The van der Waals surface area contributed by atoms with Gasteiger partial charge in [-0.2, -0.15) is 0 Å². The smallest absolute Gasteiger partial charge is 0.325 e. The van der Waals surface area contributed by atoms with Gasteiger partial charge in [-0.05, 0) is 38.7 Å². The third kappa shape index (κ3) is 3.63. The van der Waals surface area contributed by atoms with E-state index in [4.69, 9.17) is 0 Å². The van der Waals surface area contributed by atoms with E-state index in [9.17, 15) is 22.8 Å². The van der Waals surface area contributed by atoms with Crippen LogP contribution in [-0.4, -0.2) is 66.2 Å². The first-order chi connectivity index (χ1) is 13.6. The minimum absolute atomic E-state index is 0.00467. The van der Waals surface area contributed by atoms with Gasteiger partial charge in [0.1, 0.15) is 12.1 Å². The molecule has 29 heavy (non-hydrogen) atoms. The summed E-state index contributed by atoms with van der Waals surface area (Å²) in [4.78, 5) is 41.2. The molecule has 1 aromatic rings. The Morgan fingerprint density at radius 2 is 1.83 bits per heavy atom. The van der Waals surface area contributed by atoms with Gasteiger partial charge in [0.25, 0.3) is 5.91 Å². The van der Waals surface area contributed by atoms with E-state index in [1.54, 1.807) is 24.0 Å². The number of hydrogen-bond acceptors (Lipinski definition) is 5. The SMILES string of the molecule is Cc1ccc([C@@]2(C)NC(=O)N(CC(=O)N(C3CC3)[C@@H]3CCS(=O)(=O)C3)C2=O)cc1. The van der Waals surface area contributed by atoms with Crippen molar-refractivity contribution in [1.29, 1.82) is 0 Å².